The Bertz CT molecular complexity index is 1150. The molecule has 0 bridgehead atoms. The van der Waals surface area contributed by atoms with E-state index in [1.165, 1.54) is 5.56 Å². The number of hydrogen-bond donors (Lipinski definition) is 2. The van der Waals surface area contributed by atoms with Crippen LogP contribution in [0.5, 0.6) is 0 Å². The van der Waals surface area contributed by atoms with E-state index in [4.69, 9.17) is 16.3 Å². The van der Waals surface area contributed by atoms with Crippen molar-refractivity contribution in [1.82, 2.24) is 15.1 Å². The number of ether oxygens (including phenoxy) is 1. The Balaban J connectivity index is 1.53. The fourth-order valence-corrected chi connectivity index (χ4v) is 4.11. The number of nitrogens with zero attached hydrogens (tertiary/aromatic N) is 2. The van der Waals surface area contributed by atoms with Crippen LogP contribution in [0.25, 0.3) is 5.69 Å². The first-order chi connectivity index (χ1) is 15.5. The van der Waals surface area contributed by atoms with Crippen LogP contribution in [0.4, 0.5) is 5.69 Å². The Kier molecular flexibility index (Phi) is 6.58. The maximum absolute atomic E-state index is 13.1. The van der Waals surface area contributed by atoms with Gasteiger partial charge in [0.05, 0.1) is 22.9 Å². The van der Waals surface area contributed by atoms with Crippen LogP contribution in [0.2, 0.25) is 5.02 Å². The third-order valence-corrected chi connectivity index (χ3v) is 5.80. The van der Waals surface area contributed by atoms with E-state index in [1.54, 1.807) is 25.3 Å². The van der Waals surface area contributed by atoms with Gasteiger partial charge in [0.2, 0.25) is 0 Å². The fourth-order valence-electron chi connectivity index (χ4n) is 3.85. The number of benzene rings is 2. The lowest BCUT2D eigenvalue weighted by atomic mass is 10.1. The molecule has 4 rings (SSSR count). The second kappa shape index (κ2) is 9.54. The molecule has 1 aromatic heterocycles. The van der Waals surface area contributed by atoms with Crippen LogP contribution >= 0.6 is 11.6 Å². The normalized spacial score (nSPS) is 12.5. The molecule has 1 heterocycles. The van der Waals surface area contributed by atoms with Crippen molar-refractivity contribution in [2.45, 2.75) is 26.2 Å². The van der Waals surface area contributed by atoms with Gasteiger partial charge in [-0.15, -0.1) is 0 Å². The van der Waals surface area contributed by atoms with E-state index in [1.807, 2.05) is 35.9 Å². The molecule has 3 aromatic rings. The number of hydrogen-bond acceptors (Lipinski definition) is 4. The maximum atomic E-state index is 13.1. The molecule has 2 amide bonds. The van der Waals surface area contributed by atoms with Crippen molar-refractivity contribution in [2.24, 2.45) is 0 Å². The molecule has 7 nitrogen and oxygen atoms in total. The lowest BCUT2D eigenvalue weighted by Gasteiger charge is -2.09. The Labute approximate surface area is 191 Å². The average Bonchev–Trinajstić information content (AvgIpc) is 3.37. The van der Waals surface area contributed by atoms with Gasteiger partial charge < -0.3 is 15.4 Å². The van der Waals surface area contributed by atoms with Crippen molar-refractivity contribution in [3.8, 4) is 5.69 Å². The number of carbonyl (C=O) groups is 2. The molecule has 0 fully saturated rings. The molecule has 2 N–H and O–H groups in total. The zero-order valence-electron chi connectivity index (χ0n) is 18.1. The molecule has 0 saturated carbocycles. The van der Waals surface area contributed by atoms with E-state index >= 15 is 0 Å². The van der Waals surface area contributed by atoms with Gasteiger partial charge in [-0.1, -0.05) is 29.3 Å². The van der Waals surface area contributed by atoms with Gasteiger partial charge in [-0.3, -0.25) is 9.59 Å². The second-order valence-corrected chi connectivity index (χ2v) is 8.18. The van der Waals surface area contributed by atoms with Gasteiger partial charge in [0.1, 0.15) is 0 Å². The molecular formula is C24H25ClN4O3. The smallest absolute Gasteiger partial charge is 0.276 e. The molecule has 0 saturated heterocycles. The van der Waals surface area contributed by atoms with Crippen molar-refractivity contribution in [2.75, 3.05) is 25.6 Å². The largest absolute Gasteiger partial charge is 0.383 e. The van der Waals surface area contributed by atoms with Crippen LogP contribution in [0.15, 0.2) is 42.5 Å². The quantitative estimate of drug-likeness (QED) is 0.531. The first-order valence-corrected chi connectivity index (χ1v) is 10.9. The topological polar surface area (TPSA) is 85.2 Å². The van der Waals surface area contributed by atoms with Gasteiger partial charge >= 0.3 is 0 Å². The summed E-state index contributed by atoms with van der Waals surface area (Å²) in [5, 5.41) is 10.5. The molecule has 32 heavy (non-hydrogen) atoms. The zero-order valence-corrected chi connectivity index (χ0v) is 18.8. The lowest BCUT2D eigenvalue weighted by molar-refractivity contribution is 0.0936. The van der Waals surface area contributed by atoms with Gasteiger partial charge in [-0.25, -0.2) is 4.68 Å². The monoisotopic (exact) mass is 452 g/mol. The van der Waals surface area contributed by atoms with E-state index < -0.39 is 0 Å². The van der Waals surface area contributed by atoms with Gasteiger partial charge in [0.25, 0.3) is 11.8 Å². The van der Waals surface area contributed by atoms with Crippen LogP contribution in [-0.4, -0.2) is 41.9 Å². The van der Waals surface area contributed by atoms with Crippen LogP contribution < -0.4 is 10.6 Å². The summed E-state index contributed by atoms with van der Waals surface area (Å²) in [6.45, 7) is 2.84. The summed E-state index contributed by atoms with van der Waals surface area (Å²) in [4.78, 5) is 25.3. The Hall–Kier alpha value is -3.16. The predicted octanol–water partition coefficient (Wildman–Crippen LogP) is 3.95. The Morgan fingerprint density at radius 3 is 2.62 bits per heavy atom. The number of aryl methyl sites for hydroxylation is 1. The van der Waals surface area contributed by atoms with Crippen LogP contribution in [0.1, 0.15) is 44.1 Å². The van der Waals surface area contributed by atoms with Gasteiger partial charge in [0, 0.05) is 30.6 Å². The average molecular weight is 453 g/mol. The molecule has 0 aliphatic heterocycles. The molecule has 166 valence electrons. The summed E-state index contributed by atoms with van der Waals surface area (Å²) >= 11 is 6.29. The summed E-state index contributed by atoms with van der Waals surface area (Å²) in [7, 11) is 1.57. The van der Waals surface area contributed by atoms with Crippen LogP contribution in [-0.2, 0) is 17.6 Å². The minimum Gasteiger partial charge on any atom is -0.383 e. The maximum Gasteiger partial charge on any atom is 0.276 e. The zero-order chi connectivity index (χ0) is 22.7. The van der Waals surface area contributed by atoms with Crippen molar-refractivity contribution >= 4 is 29.1 Å². The van der Waals surface area contributed by atoms with E-state index in [0.29, 0.717) is 30.1 Å². The standard InChI is InChI=1S/C24H25ClN4O3/c1-15-6-9-17(10-7-15)29-21-5-3-4-19(21)22(28-29)24(31)27-16-8-11-18(20(25)14-16)23(30)26-12-13-32-2/h6-11,14H,3-5,12-13H2,1-2H3,(H,26,30)(H,27,31). The predicted molar refractivity (Wildman–Crippen MR) is 124 cm³/mol. The van der Waals surface area contributed by atoms with E-state index in [2.05, 4.69) is 15.7 Å². The summed E-state index contributed by atoms with van der Waals surface area (Å²) < 4.78 is 6.80. The summed E-state index contributed by atoms with van der Waals surface area (Å²) in [6.07, 6.45) is 2.71. The number of nitrogens with one attached hydrogen (secondary N) is 2. The SMILES string of the molecule is COCCNC(=O)c1ccc(NC(=O)c2nn(-c3ccc(C)cc3)c3c2CCC3)cc1Cl. The number of methoxy groups -OCH3 is 1. The van der Waals surface area contributed by atoms with Crippen molar-refractivity contribution in [3.63, 3.8) is 0 Å². The molecule has 2 aromatic carbocycles. The molecule has 8 heteroatoms. The van der Waals surface area contributed by atoms with E-state index in [9.17, 15) is 9.59 Å². The highest BCUT2D eigenvalue weighted by atomic mass is 35.5. The number of anilines is 1. The van der Waals surface area contributed by atoms with Crippen molar-refractivity contribution in [3.05, 3.63) is 75.6 Å². The van der Waals surface area contributed by atoms with E-state index in [0.717, 1.165) is 36.2 Å². The molecule has 1 aliphatic carbocycles. The van der Waals surface area contributed by atoms with Crippen LogP contribution in [0.3, 0.4) is 0 Å². The fraction of sp³-hybridized carbons (Fsp3) is 0.292. The van der Waals surface area contributed by atoms with Gasteiger partial charge in [-0.2, -0.15) is 5.10 Å². The highest BCUT2D eigenvalue weighted by Gasteiger charge is 2.27. The summed E-state index contributed by atoms with van der Waals surface area (Å²) in [5.74, 6) is -0.582. The molecule has 0 atom stereocenters. The number of halogens is 1. The number of fused-ring (bicyclic) bond motifs is 1. The van der Waals surface area contributed by atoms with Crippen LogP contribution in [0, 0.1) is 6.92 Å². The summed E-state index contributed by atoms with van der Waals surface area (Å²) in [5.41, 5.74) is 5.46. The Morgan fingerprint density at radius 1 is 1.12 bits per heavy atom. The highest BCUT2D eigenvalue weighted by molar-refractivity contribution is 6.34. The number of carbonyl (C=O) groups excluding carboxylic acids is 2. The van der Waals surface area contributed by atoms with E-state index in [-0.39, 0.29) is 16.8 Å². The molecule has 0 spiro atoms. The Morgan fingerprint density at radius 2 is 1.91 bits per heavy atom. The number of aromatic nitrogens is 2. The highest BCUT2D eigenvalue weighted by Crippen LogP contribution is 2.29. The second-order valence-electron chi connectivity index (χ2n) is 7.77. The lowest BCUT2D eigenvalue weighted by Crippen LogP contribution is -2.27. The van der Waals surface area contributed by atoms with Gasteiger partial charge in [0.15, 0.2) is 5.69 Å². The third kappa shape index (κ3) is 4.54. The molecular weight excluding hydrogens is 428 g/mol. The van der Waals surface area contributed by atoms with Crippen molar-refractivity contribution in [1.29, 1.82) is 0 Å². The third-order valence-electron chi connectivity index (χ3n) is 5.49. The first-order valence-electron chi connectivity index (χ1n) is 10.5. The van der Waals surface area contributed by atoms with Gasteiger partial charge in [-0.05, 0) is 56.5 Å². The molecule has 1 aliphatic rings. The minimum atomic E-state index is -0.292. The minimum absolute atomic E-state index is 0.258. The summed E-state index contributed by atoms with van der Waals surface area (Å²) in [6, 6.07) is 12.9. The first kappa shape index (κ1) is 22.0. The molecule has 0 radical (unpaired) electrons. The van der Waals surface area contributed by atoms with Crippen molar-refractivity contribution < 1.29 is 14.3 Å². The molecule has 0 unspecified atom stereocenters. The number of rotatable bonds is 7. The number of amides is 2.